The molecule has 4 rings (SSSR count). The topological polar surface area (TPSA) is 52.7 Å². The summed E-state index contributed by atoms with van der Waals surface area (Å²) in [6.45, 7) is 4.75. The third-order valence-electron chi connectivity index (χ3n) is 6.87. The Morgan fingerprint density at radius 3 is 2.59 bits per heavy atom. The predicted molar refractivity (Wildman–Crippen MR) is 136 cm³/mol. The van der Waals surface area contributed by atoms with Gasteiger partial charge in [0.15, 0.2) is 0 Å². The lowest BCUT2D eigenvalue weighted by Crippen LogP contribution is -2.38. The molecule has 1 N–H and O–H groups in total. The van der Waals surface area contributed by atoms with Crippen molar-refractivity contribution in [3.8, 4) is 0 Å². The minimum Gasteiger partial charge on any atom is -0.330 e. The number of hydrogen-bond acceptors (Lipinski definition) is 4. The Hall–Kier alpha value is -1.83. The number of rotatable bonds is 6. The van der Waals surface area contributed by atoms with E-state index in [1.807, 2.05) is 54.6 Å². The average molecular weight is 472 g/mol. The van der Waals surface area contributed by atoms with Crippen molar-refractivity contribution in [1.82, 2.24) is 4.31 Å². The van der Waals surface area contributed by atoms with Gasteiger partial charge in [0.2, 0.25) is 0 Å². The molecule has 7 heteroatoms. The van der Waals surface area contributed by atoms with E-state index >= 15 is 0 Å². The molecule has 2 aromatic rings. The summed E-state index contributed by atoms with van der Waals surface area (Å²) in [6.07, 6.45) is 7.94. The number of carbonyl (C=O) groups excluding carboxylic acids is 1. The molecule has 0 aromatic heterocycles. The van der Waals surface area contributed by atoms with Crippen molar-refractivity contribution in [2.24, 2.45) is 0 Å². The fourth-order valence-corrected chi connectivity index (χ4v) is 6.44. The molecule has 0 radical (unpaired) electrons. The third-order valence-corrected chi connectivity index (χ3v) is 8.91. The Balaban J connectivity index is 1.68. The molecular formula is C25H33N3O2S2. The van der Waals surface area contributed by atoms with Crippen LogP contribution in [0.3, 0.4) is 0 Å². The Labute approximate surface area is 198 Å². The van der Waals surface area contributed by atoms with E-state index in [1.165, 1.54) is 24.8 Å². The zero-order valence-corrected chi connectivity index (χ0v) is 21.0. The molecule has 32 heavy (non-hydrogen) atoms. The molecule has 2 aromatic carbocycles. The summed E-state index contributed by atoms with van der Waals surface area (Å²) in [7, 11) is 0.550. The highest BCUT2D eigenvalue weighted by Gasteiger charge is 2.45. The van der Waals surface area contributed by atoms with Crippen molar-refractivity contribution in [2.45, 2.75) is 62.3 Å². The third kappa shape index (κ3) is 4.35. The van der Waals surface area contributed by atoms with Gasteiger partial charge in [0, 0.05) is 48.2 Å². The van der Waals surface area contributed by atoms with Crippen molar-refractivity contribution in [2.75, 3.05) is 29.5 Å². The molecule has 1 atom stereocenters. The minimum atomic E-state index is -1.30. The van der Waals surface area contributed by atoms with Gasteiger partial charge >= 0.3 is 0 Å². The van der Waals surface area contributed by atoms with Crippen LogP contribution in [0.15, 0.2) is 47.4 Å². The zero-order valence-electron chi connectivity index (χ0n) is 19.4. The lowest BCUT2D eigenvalue weighted by molar-refractivity contribution is 0.0982. The zero-order chi connectivity index (χ0) is 22.9. The number of anilines is 2. The maximum Gasteiger partial charge on any atom is 0.258 e. The monoisotopic (exact) mass is 471 g/mol. The largest absolute Gasteiger partial charge is 0.330 e. The Morgan fingerprint density at radius 1 is 1.16 bits per heavy atom. The van der Waals surface area contributed by atoms with Crippen molar-refractivity contribution >= 4 is 40.2 Å². The first-order valence-corrected chi connectivity index (χ1v) is 13.7. The molecule has 5 nitrogen and oxygen atoms in total. The van der Waals surface area contributed by atoms with Crippen molar-refractivity contribution in [3.63, 3.8) is 0 Å². The quantitative estimate of drug-likeness (QED) is 0.557. The molecule has 1 aliphatic heterocycles. The summed E-state index contributed by atoms with van der Waals surface area (Å²) in [5.74, 6) is -0.00896. The van der Waals surface area contributed by atoms with Gasteiger partial charge in [-0.1, -0.05) is 37.3 Å². The SMILES string of the molecule is CSNc1ccc2c(c1)C1(CCCCC1)CN2C(=O)c1cccc(S(=O)N(C)C(C)C)c1. The molecule has 1 heterocycles. The van der Waals surface area contributed by atoms with Gasteiger partial charge < -0.3 is 9.62 Å². The molecule has 1 saturated carbocycles. The van der Waals surface area contributed by atoms with Crippen LogP contribution < -0.4 is 9.62 Å². The fraction of sp³-hybridized carbons (Fsp3) is 0.480. The van der Waals surface area contributed by atoms with E-state index in [0.717, 1.165) is 30.8 Å². The first-order valence-electron chi connectivity index (χ1n) is 11.4. The first kappa shape index (κ1) is 23.3. The van der Waals surface area contributed by atoms with Gasteiger partial charge in [-0.2, -0.15) is 0 Å². The Morgan fingerprint density at radius 2 is 1.91 bits per heavy atom. The van der Waals surface area contributed by atoms with E-state index < -0.39 is 11.0 Å². The predicted octanol–water partition coefficient (Wildman–Crippen LogP) is 5.60. The van der Waals surface area contributed by atoms with Gasteiger partial charge in [-0.05, 0) is 68.7 Å². The highest BCUT2D eigenvalue weighted by Crippen LogP contribution is 2.50. The van der Waals surface area contributed by atoms with Gasteiger partial charge in [-0.25, -0.2) is 8.51 Å². The molecule has 172 valence electrons. The van der Waals surface area contributed by atoms with E-state index in [4.69, 9.17) is 0 Å². The van der Waals surface area contributed by atoms with Crippen LogP contribution in [0.25, 0.3) is 0 Å². The molecule has 1 fully saturated rings. The summed E-state index contributed by atoms with van der Waals surface area (Å²) in [6, 6.07) is 13.9. The number of hydrogen-bond donors (Lipinski definition) is 1. The number of amides is 1. The molecule has 2 aliphatic rings. The maximum absolute atomic E-state index is 13.7. The van der Waals surface area contributed by atoms with Gasteiger partial charge in [-0.3, -0.25) is 4.79 Å². The second-order valence-electron chi connectivity index (χ2n) is 9.19. The van der Waals surface area contributed by atoms with E-state index in [0.29, 0.717) is 10.5 Å². The highest BCUT2D eigenvalue weighted by molar-refractivity contribution is 7.99. The Kier molecular flexibility index (Phi) is 6.98. The van der Waals surface area contributed by atoms with Crippen LogP contribution in [0.4, 0.5) is 11.4 Å². The van der Waals surface area contributed by atoms with E-state index in [9.17, 15) is 9.00 Å². The molecule has 0 bridgehead atoms. The summed E-state index contributed by atoms with van der Waals surface area (Å²) in [4.78, 5) is 16.3. The Bertz CT molecular complexity index is 1020. The number of nitrogens with one attached hydrogen (secondary N) is 1. The van der Waals surface area contributed by atoms with Crippen LogP contribution in [0, 0.1) is 0 Å². The van der Waals surface area contributed by atoms with Gasteiger partial charge in [0.1, 0.15) is 11.0 Å². The first-order chi connectivity index (χ1) is 15.4. The maximum atomic E-state index is 13.7. The van der Waals surface area contributed by atoms with E-state index in [-0.39, 0.29) is 17.4 Å². The van der Waals surface area contributed by atoms with Gasteiger partial charge in [0.25, 0.3) is 5.91 Å². The van der Waals surface area contributed by atoms with Crippen molar-refractivity contribution in [1.29, 1.82) is 0 Å². The highest BCUT2D eigenvalue weighted by atomic mass is 32.2. The fourth-order valence-electron chi connectivity index (χ4n) is 4.94. The molecule has 0 saturated heterocycles. The van der Waals surface area contributed by atoms with Crippen molar-refractivity contribution in [3.05, 3.63) is 53.6 Å². The lowest BCUT2D eigenvalue weighted by Gasteiger charge is -2.34. The number of fused-ring (bicyclic) bond motifs is 2. The molecule has 1 amide bonds. The van der Waals surface area contributed by atoms with Crippen LogP contribution in [-0.4, -0.2) is 40.3 Å². The molecule has 1 aliphatic carbocycles. The van der Waals surface area contributed by atoms with Crippen LogP contribution >= 0.6 is 11.9 Å². The van der Waals surface area contributed by atoms with E-state index in [2.05, 4.69) is 22.9 Å². The average Bonchev–Trinajstić information content (AvgIpc) is 3.11. The van der Waals surface area contributed by atoms with Gasteiger partial charge in [0.05, 0.1) is 4.90 Å². The normalized spacial score (nSPS) is 18.2. The van der Waals surface area contributed by atoms with Crippen LogP contribution in [0.1, 0.15) is 61.9 Å². The summed E-state index contributed by atoms with van der Waals surface area (Å²) in [5, 5.41) is 0. The van der Waals surface area contributed by atoms with E-state index in [1.54, 1.807) is 18.0 Å². The molecular weight excluding hydrogens is 438 g/mol. The standard InChI is InChI=1S/C25H33N3O2S2/c1-18(2)27(3)32(30)21-10-8-9-19(15-21)24(29)28-17-25(13-6-5-7-14-25)22-16-20(26-31-4)11-12-23(22)28/h8-12,15-16,18,26H,5-7,13-14,17H2,1-4H3. The second kappa shape index (κ2) is 9.57. The van der Waals surface area contributed by atoms with Crippen LogP contribution in [0.5, 0.6) is 0 Å². The van der Waals surface area contributed by atoms with Crippen molar-refractivity contribution < 1.29 is 9.00 Å². The van der Waals surface area contributed by atoms with Gasteiger partial charge in [-0.15, -0.1) is 0 Å². The smallest absolute Gasteiger partial charge is 0.258 e. The van der Waals surface area contributed by atoms with Crippen LogP contribution in [-0.2, 0) is 16.4 Å². The van der Waals surface area contributed by atoms with Crippen LogP contribution in [0.2, 0.25) is 0 Å². The lowest BCUT2D eigenvalue weighted by atomic mass is 9.70. The number of carbonyl (C=O) groups is 1. The second-order valence-corrected chi connectivity index (χ2v) is 11.3. The number of nitrogens with zero attached hydrogens (tertiary/aromatic N) is 2. The summed E-state index contributed by atoms with van der Waals surface area (Å²) in [5.41, 5.74) is 4.04. The minimum absolute atomic E-state index is 0.00896. The number of benzene rings is 2. The summed E-state index contributed by atoms with van der Waals surface area (Å²) < 4.78 is 18.1. The summed E-state index contributed by atoms with van der Waals surface area (Å²) >= 11 is 1.58. The molecule has 1 unspecified atom stereocenters. The molecule has 1 spiro atoms.